The monoisotopic (exact) mass is 420 g/mol. The topological polar surface area (TPSA) is 69.0 Å². The third kappa shape index (κ3) is 4.70. The van der Waals surface area contributed by atoms with E-state index in [1.54, 1.807) is 10.9 Å². The molecule has 1 N–H and O–H groups in total. The molecule has 4 rings (SSSR count). The Bertz CT molecular complexity index is 1110. The summed E-state index contributed by atoms with van der Waals surface area (Å²) in [5.74, 6) is 6.66. The molecule has 1 aromatic carbocycles. The van der Waals surface area contributed by atoms with E-state index in [1.165, 1.54) is 6.20 Å². The molecule has 0 radical (unpaired) electrons. The van der Waals surface area contributed by atoms with Crippen LogP contribution in [0, 0.1) is 24.7 Å². The highest BCUT2D eigenvalue weighted by Gasteiger charge is 2.23. The van der Waals surface area contributed by atoms with Crippen LogP contribution in [0.3, 0.4) is 0 Å². The van der Waals surface area contributed by atoms with Gasteiger partial charge in [-0.05, 0) is 37.1 Å². The molecule has 6 nitrogen and oxygen atoms in total. The fourth-order valence-corrected chi connectivity index (χ4v) is 3.53. The van der Waals surface area contributed by atoms with Crippen LogP contribution in [0.4, 0.5) is 5.82 Å². The molecule has 1 aliphatic rings. The Labute approximate surface area is 180 Å². The maximum atomic E-state index is 12.9. The number of halogens is 1. The molecule has 7 heteroatoms. The van der Waals surface area contributed by atoms with E-state index >= 15 is 0 Å². The van der Waals surface area contributed by atoms with Crippen LogP contribution >= 0.6 is 11.6 Å². The summed E-state index contributed by atoms with van der Waals surface area (Å²) in [6.45, 7) is 3.88. The van der Waals surface area contributed by atoms with Crippen LogP contribution in [0.5, 0.6) is 0 Å². The van der Waals surface area contributed by atoms with Crippen LogP contribution in [0.25, 0.3) is 0 Å². The van der Waals surface area contributed by atoms with Gasteiger partial charge in [0.1, 0.15) is 11.5 Å². The van der Waals surface area contributed by atoms with Gasteiger partial charge in [0, 0.05) is 36.4 Å². The Hall–Kier alpha value is -3.14. The van der Waals surface area contributed by atoms with Crippen molar-refractivity contribution < 1.29 is 9.53 Å². The van der Waals surface area contributed by atoms with Gasteiger partial charge in [0.15, 0.2) is 0 Å². The minimum absolute atomic E-state index is 0.314. The summed E-state index contributed by atoms with van der Waals surface area (Å²) in [5, 5.41) is 7.42. The van der Waals surface area contributed by atoms with Crippen molar-refractivity contribution in [2.24, 2.45) is 5.92 Å². The third-order valence-corrected chi connectivity index (χ3v) is 5.18. The zero-order valence-corrected chi connectivity index (χ0v) is 17.3. The van der Waals surface area contributed by atoms with Gasteiger partial charge in [0.2, 0.25) is 0 Å². The number of benzene rings is 1. The Balaban J connectivity index is 1.49. The molecule has 1 saturated heterocycles. The second-order valence-electron chi connectivity index (χ2n) is 7.21. The predicted octanol–water partition coefficient (Wildman–Crippen LogP) is 3.93. The highest BCUT2D eigenvalue weighted by atomic mass is 35.5. The van der Waals surface area contributed by atoms with Crippen molar-refractivity contribution in [3.63, 3.8) is 0 Å². The number of hydrogen-bond donors (Lipinski definition) is 1. The van der Waals surface area contributed by atoms with Gasteiger partial charge in [-0.15, -0.1) is 0 Å². The normalized spacial score (nSPS) is 15.5. The number of anilines is 1. The summed E-state index contributed by atoms with van der Waals surface area (Å²) >= 11 is 6.24. The molecular weight excluding hydrogens is 400 g/mol. The first kappa shape index (κ1) is 20.1. The van der Waals surface area contributed by atoms with Gasteiger partial charge in [0.05, 0.1) is 17.8 Å². The molecule has 3 heterocycles. The van der Waals surface area contributed by atoms with E-state index in [1.807, 2.05) is 43.3 Å². The summed E-state index contributed by atoms with van der Waals surface area (Å²) in [7, 11) is 0. The van der Waals surface area contributed by atoms with E-state index in [0.29, 0.717) is 35.6 Å². The van der Waals surface area contributed by atoms with Crippen LogP contribution in [-0.2, 0) is 11.3 Å². The number of aromatic nitrogens is 3. The van der Waals surface area contributed by atoms with Gasteiger partial charge in [0.25, 0.3) is 5.91 Å². The Morgan fingerprint density at radius 1 is 1.27 bits per heavy atom. The first-order chi connectivity index (χ1) is 14.6. The van der Waals surface area contributed by atoms with Crippen molar-refractivity contribution >= 4 is 23.3 Å². The zero-order valence-electron chi connectivity index (χ0n) is 16.6. The van der Waals surface area contributed by atoms with Crippen molar-refractivity contribution in [1.29, 1.82) is 0 Å². The van der Waals surface area contributed by atoms with E-state index in [4.69, 9.17) is 16.3 Å². The molecule has 1 atom stereocenters. The lowest BCUT2D eigenvalue weighted by Gasteiger charge is -2.12. The Morgan fingerprint density at radius 2 is 2.07 bits per heavy atom. The lowest BCUT2D eigenvalue weighted by atomic mass is 10.1. The lowest BCUT2D eigenvalue weighted by molar-refractivity contribution is 0.101. The fraction of sp³-hybridized carbons (Fsp3) is 0.261. The minimum atomic E-state index is -0.338. The number of aryl methyl sites for hydroxylation is 1. The largest absolute Gasteiger partial charge is 0.381 e. The summed E-state index contributed by atoms with van der Waals surface area (Å²) in [6.07, 6.45) is 4.09. The summed E-state index contributed by atoms with van der Waals surface area (Å²) in [6, 6.07) is 11.6. The van der Waals surface area contributed by atoms with Crippen molar-refractivity contribution in [1.82, 2.24) is 14.8 Å². The summed E-state index contributed by atoms with van der Waals surface area (Å²) in [4.78, 5) is 17.3. The molecule has 1 amide bonds. The van der Waals surface area contributed by atoms with Crippen LogP contribution in [0.15, 0.2) is 48.8 Å². The first-order valence-electron chi connectivity index (χ1n) is 9.74. The van der Waals surface area contributed by atoms with Crippen LogP contribution in [0.2, 0.25) is 5.02 Å². The number of carbonyl (C=O) groups is 1. The van der Waals surface area contributed by atoms with Crippen molar-refractivity contribution in [2.75, 3.05) is 18.5 Å². The van der Waals surface area contributed by atoms with E-state index in [9.17, 15) is 4.79 Å². The molecule has 3 aromatic rings. The fourth-order valence-electron chi connectivity index (χ4n) is 3.31. The number of hydrogen-bond acceptors (Lipinski definition) is 4. The number of rotatable bonds is 4. The molecule has 0 aliphatic carbocycles. The van der Waals surface area contributed by atoms with Crippen LogP contribution in [0.1, 0.15) is 33.6 Å². The smallest absolute Gasteiger partial charge is 0.276 e. The quantitative estimate of drug-likeness (QED) is 0.649. The van der Waals surface area contributed by atoms with Gasteiger partial charge in [-0.1, -0.05) is 41.6 Å². The zero-order chi connectivity index (χ0) is 20.9. The molecule has 0 spiro atoms. The molecular formula is C23H21ClN4O2. The number of carbonyl (C=O) groups excluding carboxylic acids is 1. The Kier molecular flexibility index (Phi) is 6.12. The standard InChI is InChI=1S/C23H21ClN4O2/c1-16-11-18(8-7-17-5-3-2-4-6-17)12-25-22(16)27-23(29)21-20(24)13-26-28(21)14-19-9-10-30-15-19/h2-6,11-13,19H,9-10,14-15H2,1H3,(H,25,27,29)/t19-/m1/s1. The molecule has 2 aromatic heterocycles. The molecule has 0 unspecified atom stereocenters. The van der Waals surface area contributed by atoms with E-state index in [-0.39, 0.29) is 5.91 Å². The molecule has 152 valence electrons. The van der Waals surface area contributed by atoms with Crippen LogP contribution < -0.4 is 5.32 Å². The second-order valence-corrected chi connectivity index (χ2v) is 7.62. The average Bonchev–Trinajstić information content (AvgIpc) is 3.39. The number of nitrogens with one attached hydrogen (secondary N) is 1. The molecule has 0 bridgehead atoms. The first-order valence-corrected chi connectivity index (χ1v) is 10.1. The molecule has 1 fully saturated rings. The maximum absolute atomic E-state index is 12.9. The van der Waals surface area contributed by atoms with Gasteiger partial charge in [-0.3, -0.25) is 9.48 Å². The van der Waals surface area contributed by atoms with Crippen molar-refractivity contribution in [3.05, 3.63) is 76.2 Å². The SMILES string of the molecule is Cc1cc(C#Cc2ccccc2)cnc1NC(=O)c1c(Cl)cnn1C[C@H]1CCOC1. The highest BCUT2D eigenvalue weighted by Crippen LogP contribution is 2.22. The van der Waals surface area contributed by atoms with Crippen molar-refractivity contribution in [2.45, 2.75) is 19.9 Å². The van der Waals surface area contributed by atoms with E-state index in [2.05, 4.69) is 27.2 Å². The lowest BCUT2D eigenvalue weighted by Crippen LogP contribution is -2.22. The minimum Gasteiger partial charge on any atom is -0.381 e. The van der Waals surface area contributed by atoms with Crippen molar-refractivity contribution in [3.8, 4) is 11.8 Å². The number of ether oxygens (including phenoxy) is 1. The van der Waals surface area contributed by atoms with Gasteiger partial charge < -0.3 is 10.1 Å². The molecule has 30 heavy (non-hydrogen) atoms. The summed E-state index contributed by atoms with van der Waals surface area (Å²) in [5.41, 5.74) is 2.86. The maximum Gasteiger partial charge on any atom is 0.276 e. The van der Waals surface area contributed by atoms with E-state index < -0.39 is 0 Å². The van der Waals surface area contributed by atoms with Gasteiger partial charge in [-0.2, -0.15) is 5.10 Å². The summed E-state index contributed by atoms with van der Waals surface area (Å²) < 4.78 is 7.06. The second kappa shape index (κ2) is 9.12. The highest BCUT2D eigenvalue weighted by molar-refractivity contribution is 6.34. The average molecular weight is 421 g/mol. The number of pyridine rings is 1. The van der Waals surface area contributed by atoms with Gasteiger partial charge >= 0.3 is 0 Å². The third-order valence-electron chi connectivity index (χ3n) is 4.90. The van der Waals surface area contributed by atoms with Crippen LogP contribution in [-0.4, -0.2) is 33.9 Å². The predicted molar refractivity (Wildman–Crippen MR) is 116 cm³/mol. The Morgan fingerprint density at radius 3 is 2.80 bits per heavy atom. The number of nitrogens with zero attached hydrogens (tertiary/aromatic N) is 3. The number of amides is 1. The molecule has 1 aliphatic heterocycles. The van der Waals surface area contributed by atoms with E-state index in [0.717, 1.165) is 29.7 Å². The molecule has 0 saturated carbocycles. The van der Waals surface area contributed by atoms with Gasteiger partial charge in [-0.25, -0.2) is 4.98 Å².